The van der Waals surface area contributed by atoms with Gasteiger partial charge in [0.1, 0.15) is 18.1 Å². The van der Waals surface area contributed by atoms with Gasteiger partial charge in [-0.3, -0.25) is 9.69 Å². The van der Waals surface area contributed by atoms with Crippen molar-refractivity contribution in [2.75, 3.05) is 27.2 Å². The Kier molecular flexibility index (Phi) is 6.79. The molecular formula is C23H27F3N2O3. The zero-order valence-electron chi connectivity index (χ0n) is 18.1. The van der Waals surface area contributed by atoms with E-state index in [1.807, 2.05) is 26.0 Å². The van der Waals surface area contributed by atoms with Crippen molar-refractivity contribution in [1.29, 1.82) is 0 Å². The molecule has 1 amide bonds. The predicted octanol–water partition coefficient (Wildman–Crippen LogP) is 4.09. The molecule has 168 valence electrons. The van der Waals surface area contributed by atoms with E-state index in [2.05, 4.69) is 10.2 Å². The topological polar surface area (TPSA) is 50.8 Å². The Labute approximate surface area is 180 Å². The van der Waals surface area contributed by atoms with E-state index in [1.54, 1.807) is 7.05 Å². The highest BCUT2D eigenvalue weighted by molar-refractivity contribution is 5.79. The van der Waals surface area contributed by atoms with E-state index in [-0.39, 0.29) is 24.2 Å². The molecule has 0 aromatic heterocycles. The maximum atomic E-state index is 12.9. The number of hydrogen-bond acceptors (Lipinski definition) is 4. The molecule has 0 unspecified atom stereocenters. The molecule has 1 saturated heterocycles. The summed E-state index contributed by atoms with van der Waals surface area (Å²) in [4.78, 5) is 13.8. The Hall–Kier alpha value is -2.74. The molecule has 1 fully saturated rings. The number of halogens is 3. The van der Waals surface area contributed by atoms with Gasteiger partial charge in [-0.2, -0.15) is 13.2 Å². The lowest BCUT2D eigenvalue weighted by Crippen LogP contribution is -2.52. The first-order valence-corrected chi connectivity index (χ1v) is 10.0. The van der Waals surface area contributed by atoms with E-state index in [0.29, 0.717) is 11.3 Å². The number of nitrogens with one attached hydrogen (secondary N) is 1. The number of amides is 1. The highest BCUT2D eigenvalue weighted by atomic mass is 19.4. The first kappa shape index (κ1) is 22.9. The van der Waals surface area contributed by atoms with Crippen LogP contribution in [-0.2, 0) is 24.1 Å². The van der Waals surface area contributed by atoms with Gasteiger partial charge in [-0.1, -0.05) is 18.2 Å². The third kappa shape index (κ3) is 5.31. The number of hydrogen-bond donors (Lipinski definition) is 1. The van der Waals surface area contributed by atoms with Crippen molar-refractivity contribution in [3.05, 3.63) is 58.1 Å². The Balaban J connectivity index is 1.66. The summed E-state index contributed by atoms with van der Waals surface area (Å²) in [7, 11) is 2.99. The molecule has 2 aromatic rings. The summed E-state index contributed by atoms with van der Waals surface area (Å²) in [5.41, 5.74) is 2.81. The molecule has 5 nitrogen and oxygen atoms in total. The second-order valence-electron chi connectivity index (χ2n) is 7.88. The van der Waals surface area contributed by atoms with Crippen LogP contribution >= 0.6 is 0 Å². The Morgan fingerprint density at radius 3 is 2.35 bits per heavy atom. The van der Waals surface area contributed by atoms with Crippen molar-refractivity contribution in [1.82, 2.24) is 10.2 Å². The molecule has 1 aliphatic heterocycles. The largest absolute Gasteiger partial charge is 0.496 e. The zero-order chi connectivity index (χ0) is 22.8. The van der Waals surface area contributed by atoms with Crippen molar-refractivity contribution in [3.63, 3.8) is 0 Å². The average molecular weight is 436 g/mol. The summed E-state index contributed by atoms with van der Waals surface area (Å²) in [5, 5.41) is 2.68. The number of ether oxygens (including phenoxy) is 2. The van der Waals surface area contributed by atoms with Gasteiger partial charge in [-0.25, -0.2) is 0 Å². The summed E-state index contributed by atoms with van der Waals surface area (Å²) in [5.74, 6) is 0.974. The summed E-state index contributed by atoms with van der Waals surface area (Å²) in [6.45, 7) is 6.22. The smallest absolute Gasteiger partial charge is 0.416 e. The lowest BCUT2D eigenvalue weighted by atomic mass is 9.97. The van der Waals surface area contributed by atoms with Gasteiger partial charge in [0.05, 0.1) is 18.6 Å². The summed E-state index contributed by atoms with van der Waals surface area (Å²) >= 11 is 0. The van der Waals surface area contributed by atoms with E-state index < -0.39 is 11.7 Å². The number of likely N-dealkylation sites (tertiary alicyclic amines) is 1. The van der Waals surface area contributed by atoms with Gasteiger partial charge < -0.3 is 14.8 Å². The fourth-order valence-corrected chi connectivity index (χ4v) is 3.88. The molecule has 31 heavy (non-hydrogen) atoms. The van der Waals surface area contributed by atoms with Crippen LogP contribution in [0.4, 0.5) is 13.2 Å². The Morgan fingerprint density at radius 2 is 1.81 bits per heavy atom. The molecule has 0 aliphatic carbocycles. The molecule has 2 aromatic carbocycles. The molecule has 1 heterocycles. The average Bonchev–Trinajstić information content (AvgIpc) is 2.68. The summed E-state index contributed by atoms with van der Waals surface area (Å²) in [6, 6.07) is 7.48. The Morgan fingerprint density at radius 1 is 1.16 bits per heavy atom. The number of carbonyl (C=O) groups is 1. The molecule has 3 rings (SSSR count). The number of nitrogens with zero attached hydrogens (tertiary/aromatic N) is 1. The van der Waals surface area contributed by atoms with Crippen LogP contribution in [0.5, 0.6) is 11.5 Å². The van der Waals surface area contributed by atoms with E-state index in [1.165, 1.54) is 13.2 Å². The van der Waals surface area contributed by atoms with Gasteiger partial charge in [0, 0.05) is 32.2 Å². The molecular weight excluding hydrogens is 409 g/mol. The van der Waals surface area contributed by atoms with Gasteiger partial charge in [-0.05, 0) is 42.7 Å². The van der Waals surface area contributed by atoms with Crippen LogP contribution in [0.15, 0.2) is 30.3 Å². The highest BCUT2D eigenvalue weighted by Gasteiger charge is 2.32. The quantitative estimate of drug-likeness (QED) is 0.711. The minimum absolute atomic E-state index is 0.0496. The van der Waals surface area contributed by atoms with Crippen LogP contribution in [0.25, 0.3) is 0 Å². The molecule has 0 bridgehead atoms. The van der Waals surface area contributed by atoms with E-state index in [9.17, 15) is 18.0 Å². The van der Waals surface area contributed by atoms with E-state index >= 15 is 0 Å². The molecule has 1 N–H and O–H groups in total. The molecule has 0 radical (unpaired) electrons. The maximum Gasteiger partial charge on any atom is 0.416 e. The third-order valence-corrected chi connectivity index (χ3v) is 5.49. The first-order chi connectivity index (χ1) is 14.6. The fraction of sp³-hybridized carbons (Fsp3) is 0.435. The fourth-order valence-electron chi connectivity index (χ4n) is 3.88. The van der Waals surface area contributed by atoms with Crippen molar-refractivity contribution < 1.29 is 27.4 Å². The number of aryl methyl sites for hydroxylation is 2. The van der Waals surface area contributed by atoms with Gasteiger partial charge in [0.25, 0.3) is 0 Å². The monoisotopic (exact) mass is 436 g/mol. The van der Waals surface area contributed by atoms with Gasteiger partial charge in [0.15, 0.2) is 0 Å². The minimum atomic E-state index is -4.42. The highest BCUT2D eigenvalue weighted by Crippen LogP contribution is 2.34. The number of alkyl halides is 3. The van der Waals surface area contributed by atoms with Crippen LogP contribution in [0, 0.1) is 19.8 Å². The number of benzene rings is 2. The van der Waals surface area contributed by atoms with E-state index in [0.717, 1.165) is 48.5 Å². The van der Waals surface area contributed by atoms with Crippen LogP contribution in [0.2, 0.25) is 0 Å². The second-order valence-corrected chi connectivity index (χ2v) is 7.88. The first-order valence-electron chi connectivity index (χ1n) is 10.0. The number of carbonyl (C=O) groups excluding carboxylic acids is 1. The van der Waals surface area contributed by atoms with Crippen molar-refractivity contribution in [2.45, 2.75) is 33.2 Å². The normalized spacial score (nSPS) is 14.8. The lowest BCUT2D eigenvalue weighted by molar-refractivity contribution is -0.137. The second kappa shape index (κ2) is 9.18. The summed E-state index contributed by atoms with van der Waals surface area (Å²) in [6.07, 6.45) is -4.42. The van der Waals surface area contributed by atoms with Crippen LogP contribution in [0.1, 0.15) is 27.8 Å². The SMILES string of the molecule is CNC(=O)C1CN(Cc2cc(C)c(OCc3ccc(C(F)(F)F)cc3OC)c(C)c2)C1. The van der Waals surface area contributed by atoms with Gasteiger partial charge >= 0.3 is 6.18 Å². The Bertz CT molecular complexity index is 931. The molecule has 0 atom stereocenters. The van der Waals surface area contributed by atoms with Gasteiger partial charge in [0.2, 0.25) is 5.91 Å². The standard InChI is InChI=1S/C23H27F3N2O3/c1-14-7-16(10-28-11-18(12-28)22(29)27-3)8-15(2)21(14)31-13-17-5-6-19(23(24,25)26)9-20(17)30-4/h5-9,18H,10-13H2,1-4H3,(H,27,29). The minimum Gasteiger partial charge on any atom is -0.496 e. The third-order valence-electron chi connectivity index (χ3n) is 5.49. The number of rotatable bonds is 7. The van der Waals surface area contributed by atoms with Crippen molar-refractivity contribution >= 4 is 5.91 Å². The van der Waals surface area contributed by atoms with Crippen LogP contribution < -0.4 is 14.8 Å². The van der Waals surface area contributed by atoms with E-state index in [4.69, 9.17) is 9.47 Å². The van der Waals surface area contributed by atoms with Crippen LogP contribution in [0.3, 0.4) is 0 Å². The molecule has 0 saturated carbocycles. The number of methoxy groups -OCH3 is 1. The lowest BCUT2D eigenvalue weighted by Gasteiger charge is -2.38. The molecule has 8 heteroatoms. The summed E-state index contributed by atoms with van der Waals surface area (Å²) < 4.78 is 49.8. The van der Waals surface area contributed by atoms with Crippen LogP contribution in [-0.4, -0.2) is 38.1 Å². The van der Waals surface area contributed by atoms with Crippen molar-refractivity contribution in [3.8, 4) is 11.5 Å². The van der Waals surface area contributed by atoms with Gasteiger partial charge in [-0.15, -0.1) is 0 Å². The molecule has 1 aliphatic rings. The molecule has 0 spiro atoms. The maximum absolute atomic E-state index is 12.9. The van der Waals surface area contributed by atoms with Crippen molar-refractivity contribution in [2.24, 2.45) is 5.92 Å². The predicted molar refractivity (Wildman–Crippen MR) is 111 cm³/mol. The zero-order valence-corrected chi connectivity index (χ0v) is 18.1.